The lowest BCUT2D eigenvalue weighted by Gasteiger charge is -2.13. The normalized spacial score (nSPS) is 15.0. The van der Waals surface area contributed by atoms with Crippen molar-refractivity contribution in [3.8, 4) is 0 Å². The molecule has 0 bridgehead atoms. The summed E-state index contributed by atoms with van der Waals surface area (Å²) in [4.78, 5) is 47.5. The molecule has 1 aromatic heterocycles. The van der Waals surface area contributed by atoms with E-state index in [2.05, 4.69) is 15.3 Å². The lowest BCUT2D eigenvalue weighted by Crippen LogP contribution is -2.37. The highest BCUT2D eigenvalue weighted by Gasteiger charge is 2.34. The summed E-state index contributed by atoms with van der Waals surface area (Å²) in [5.41, 5.74) is 4.74. The Hall–Kier alpha value is -2.65. The average Bonchev–Trinajstić information content (AvgIpc) is 3.01. The first-order valence-corrected chi connectivity index (χ1v) is 12.3. The molecule has 1 aromatic carbocycles. The Labute approximate surface area is 196 Å². The van der Waals surface area contributed by atoms with E-state index in [1.807, 2.05) is 51.3 Å². The standard InChI is InChI=1S/C23H26N4O3S2/c1-14-5-7-17(8-6-14)13-19-21(29)27(23(30)32-19)12-11-24-20(28)10-9-18-15(2)25-22(31-4)26-16(18)3/h5-8,13H,9-12H2,1-4H3,(H,24,28)/b19-13+. The van der Waals surface area contributed by atoms with E-state index in [0.717, 1.165) is 45.0 Å². The maximum absolute atomic E-state index is 12.6. The number of nitrogens with zero attached hydrogens (tertiary/aromatic N) is 3. The van der Waals surface area contributed by atoms with Gasteiger partial charge >= 0.3 is 0 Å². The fourth-order valence-electron chi connectivity index (χ4n) is 3.30. The zero-order valence-corrected chi connectivity index (χ0v) is 20.2. The van der Waals surface area contributed by atoms with E-state index < -0.39 is 0 Å². The van der Waals surface area contributed by atoms with Crippen LogP contribution in [0.1, 0.15) is 34.5 Å². The topological polar surface area (TPSA) is 92.3 Å². The van der Waals surface area contributed by atoms with Crippen LogP contribution in [0, 0.1) is 20.8 Å². The number of thioether (sulfide) groups is 2. The molecule has 32 heavy (non-hydrogen) atoms. The van der Waals surface area contributed by atoms with E-state index in [-0.39, 0.29) is 30.1 Å². The van der Waals surface area contributed by atoms with E-state index in [1.165, 1.54) is 16.7 Å². The number of carbonyl (C=O) groups excluding carboxylic acids is 3. The third-order valence-electron chi connectivity index (χ3n) is 5.09. The van der Waals surface area contributed by atoms with Crippen LogP contribution in [0.2, 0.25) is 0 Å². The molecule has 0 saturated carbocycles. The molecule has 0 unspecified atom stereocenters. The van der Waals surface area contributed by atoms with Gasteiger partial charge in [0.25, 0.3) is 11.1 Å². The van der Waals surface area contributed by atoms with E-state index >= 15 is 0 Å². The maximum Gasteiger partial charge on any atom is 0.293 e. The van der Waals surface area contributed by atoms with Gasteiger partial charge in [-0.15, -0.1) is 0 Å². The van der Waals surface area contributed by atoms with Crippen LogP contribution in [0.5, 0.6) is 0 Å². The molecular weight excluding hydrogens is 444 g/mol. The van der Waals surface area contributed by atoms with Crippen LogP contribution in [-0.2, 0) is 16.0 Å². The molecule has 1 saturated heterocycles. The summed E-state index contributed by atoms with van der Waals surface area (Å²) >= 11 is 2.41. The summed E-state index contributed by atoms with van der Waals surface area (Å²) in [7, 11) is 0. The van der Waals surface area contributed by atoms with Crippen molar-refractivity contribution < 1.29 is 14.4 Å². The Bertz CT molecular complexity index is 1040. The number of imide groups is 1. The first kappa shape index (κ1) is 24.0. The minimum absolute atomic E-state index is 0.139. The molecule has 1 fully saturated rings. The zero-order valence-electron chi connectivity index (χ0n) is 18.6. The van der Waals surface area contributed by atoms with Crippen molar-refractivity contribution in [1.29, 1.82) is 0 Å². The second-order valence-corrected chi connectivity index (χ2v) is 9.22. The highest BCUT2D eigenvalue weighted by molar-refractivity contribution is 8.18. The van der Waals surface area contributed by atoms with Crippen molar-refractivity contribution in [1.82, 2.24) is 20.2 Å². The predicted octanol–water partition coefficient (Wildman–Crippen LogP) is 3.91. The summed E-state index contributed by atoms with van der Waals surface area (Å²) < 4.78 is 0. The van der Waals surface area contributed by atoms with E-state index in [4.69, 9.17) is 0 Å². The number of amides is 3. The van der Waals surface area contributed by atoms with Gasteiger partial charge in [0.05, 0.1) is 4.91 Å². The van der Waals surface area contributed by atoms with Crippen LogP contribution in [-0.4, -0.2) is 51.3 Å². The summed E-state index contributed by atoms with van der Waals surface area (Å²) in [5.74, 6) is -0.466. The number of rotatable bonds is 8. The Kier molecular flexibility index (Phi) is 8.09. The summed E-state index contributed by atoms with van der Waals surface area (Å²) in [6, 6.07) is 7.73. The minimum atomic E-state index is -0.327. The van der Waals surface area contributed by atoms with Gasteiger partial charge in [-0.25, -0.2) is 9.97 Å². The second kappa shape index (κ2) is 10.8. The highest BCUT2D eigenvalue weighted by Crippen LogP contribution is 2.31. The fraction of sp³-hybridized carbons (Fsp3) is 0.348. The molecule has 3 rings (SSSR count). The van der Waals surface area contributed by atoms with Crippen molar-refractivity contribution in [2.24, 2.45) is 0 Å². The molecule has 0 spiro atoms. The quantitative estimate of drug-likeness (QED) is 0.355. The van der Waals surface area contributed by atoms with Gasteiger partial charge in [0.2, 0.25) is 5.91 Å². The maximum atomic E-state index is 12.6. The second-order valence-electron chi connectivity index (χ2n) is 7.45. The minimum Gasteiger partial charge on any atom is -0.354 e. The molecule has 168 valence electrons. The number of hydrogen-bond acceptors (Lipinski definition) is 7. The van der Waals surface area contributed by atoms with Crippen LogP contribution in [0.15, 0.2) is 34.3 Å². The number of carbonyl (C=O) groups is 3. The van der Waals surface area contributed by atoms with Gasteiger partial charge in [-0.3, -0.25) is 19.3 Å². The summed E-state index contributed by atoms with van der Waals surface area (Å²) in [6.45, 7) is 6.19. The van der Waals surface area contributed by atoms with Gasteiger partial charge in [-0.05, 0) is 62.4 Å². The van der Waals surface area contributed by atoms with Gasteiger partial charge in [-0.2, -0.15) is 0 Å². The van der Waals surface area contributed by atoms with Crippen LogP contribution < -0.4 is 5.32 Å². The molecule has 1 aliphatic heterocycles. The lowest BCUT2D eigenvalue weighted by molar-refractivity contribution is -0.124. The van der Waals surface area contributed by atoms with Gasteiger partial charge in [0.1, 0.15) is 0 Å². The van der Waals surface area contributed by atoms with Gasteiger partial charge in [0.15, 0.2) is 5.16 Å². The molecule has 1 aliphatic rings. The molecule has 0 radical (unpaired) electrons. The SMILES string of the molecule is CSc1nc(C)c(CCC(=O)NCCN2C(=O)S/C(=C/c3ccc(C)cc3)C2=O)c(C)n1. The third kappa shape index (κ3) is 5.98. The fourth-order valence-corrected chi connectivity index (χ4v) is 4.62. The van der Waals surface area contributed by atoms with Crippen molar-refractivity contribution in [2.45, 2.75) is 38.8 Å². The van der Waals surface area contributed by atoms with Crippen LogP contribution >= 0.6 is 23.5 Å². The average molecular weight is 471 g/mol. The number of aryl methyl sites for hydroxylation is 3. The smallest absolute Gasteiger partial charge is 0.293 e. The van der Waals surface area contributed by atoms with Crippen LogP contribution in [0.25, 0.3) is 6.08 Å². The number of benzene rings is 1. The predicted molar refractivity (Wildman–Crippen MR) is 128 cm³/mol. The van der Waals surface area contributed by atoms with Gasteiger partial charge in [0, 0.05) is 30.9 Å². The van der Waals surface area contributed by atoms with Crippen LogP contribution in [0.4, 0.5) is 4.79 Å². The van der Waals surface area contributed by atoms with Crippen molar-refractivity contribution >= 4 is 46.7 Å². The number of nitrogens with one attached hydrogen (secondary N) is 1. The van der Waals surface area contributed by atoms with Crippen molar-refractivity contribution in [2.75, 3.05) is 19.3 Å². The van der Waals surface area contributed by atoms with Crippen molar-refractivity contribution in [3.63, 3.8) is 0 Å². The molecule has 9 heteroatoms. The monoisotopic (exact) mass is 470 g/mol. The first-order chi connectivity index (χ1) is 15.3. The van der Waals surface area contributed by atoms with E-state index in [9.17, 15) is 14.4 Å². The molecule has 0 aliphatic carbocycles. The van der Waals surface area contributed by atoms with E-state index in [1.54, 1.807) is 6.08 Å². The Morgan fingerprint density at radius 1 is 1.12 bits per heavy atom. The Morgan fingerprint density at radius 3 is 2.41 bits per heavy atom. The van der Waals surface area contributed by atoms with Crippen LogP contribution in [0.3, 0.4) is 0 Å². The van der Waals surface area contributed by atoms with Gasteiger partial charge < -0.3 is 5.32 Å². The summed E-state index contributed by atoms with van der Waals surface area (Å²) in [5, 5.41) is 3.20. The van der Waals surface area contributed by atoms with E-state index in [0.29, 0.717) is 17.7 Å². The molecule has 7 nitrogen and oxygen atoms in total. The third-order valence-corrected chi connectivity index (χ3v) is 6.55. The molecule has 3 amide bonds. The molecule has 2 heterocycles. The highest BCUT2D eigenvalue weighted by atomic mass is 32.2. The van der Waals surface area contributed by atoms with Gasteiger partial charge in [-0.1, -0.05) is 41.6 Å². The molecule has 2 aromatic rings. The number of aromatic nitrogens is 2. The summed E-state index contributed by atoms with van der Waals surface area (Å²) in [6.07, 6.45) is 4.48. The molecular formula is C23H26N4O3S2. The first-order valence-electron chi connectivity index (χ1n) is 10.3. The largest absolute Gasteiger partial charge is 0.354 e. The molecule has 0 atom stereocenters. The zero-order chi connectivity index (χ0) is 23.3. The lowest BCUT2D eigenvalue weighted by atomic mass is 10.1. The Morgan fingerprint density at radius 2 is 1.78 bits per heavy atom. The Balaban J connectivity index is 1.49. The molecule has 1 N–H and O–H groups in total. The number of hydrogen-bond donors (Lipinski definition) is 1. The van der Waals surface area contributed by atoms with Crippen molar-refractivity contribution in [3.05, 3.63) is 57.2 Å².